The van der Waals surface area contributed by atoms with Crippen LogP contribution in [0.3, 0.4) is 0 Å². The summed E-state index contributed by atoms with van der Waals surface area (Å²) in [5.74, 6) is 0. The van der Waals surface area contributed by atoms with Gasteiger partial charge in [0, 0.05) is 12.6 Å². The molecule has 0 spiro atoms. The van der Waals surface area contributed by atoms with E-state index in [1.807, 2.05) is 0 Å². The monoisotopic (exact) mass is 205 g/mol. The smallest absolute Gasteiger partial charge is 0.0317 e. The Labute approximate surface area is 93.9 Å². The highest BCUT2D eigenvalue weighted by Crippen LogP contribution is 2.18. The fourth-order valence-corrected chi connectivity index (χ4v) is 1.61. The van der Waals surface area contributed by atoms with Gasteiger partial charge >= 0.3 is 0 Å². The molecular weight excluding hydrogens is 182 g/mol. The van der Waals surface area contributed by atoms with E-state index in [2.05, 4.69) is 63.3 Å². The predicted octanol–water partition coefficient (Wildman–Crippen LogP) is 3.77. The van der Waals surface area contributed by atoms with Crippen molar-refractivity contribution in [1.29, 1.82) is 0 Å². The van der Waals surface area contributed by atoms with Gasteiger partial charge < -0.3 is 5.32 Å². The van der Waals surface area contributed by atoms with Crippen molar-refractivity contribution < 1.29 is 0 Å². The van der Waals surface area contributed by atoms with Crippen molar-refractivity contribution in [1.82, 2.24) is 5.32 Å². The van der Waals surface area contributed by atoms with Gasteiger partial charge in [-0.25, -0.2) is 0 Å². The van der Waals surface area contributed by atoms with Gasteiger partial charge in [-0.2, -0.15) is 0 Å². The number of rotatable bonds is 4. The van der Waals surface area contributed by atoms with Crippen molar-refractivity contribution in [3.63, 3.8) is 0 Å². The molecule has 1 atom stereocenters. The van der Waals surface area contributed by atoms with Crippen molar-refractivity contribution in [2.45, 2.75) is 40.2 Å². The standard InChI is InChI=1S/C14H23N/c1-5-13(15-11-14(2,3)4)12-9-7-6-8-10-12/h6-10,13,15H,5,11H2,1-4H3. The zero-order valence-electron chi connectivity index (χ0n) is 10.4. The van der Waals surface area contributed by atoms with Crippen LogP contribution in [0.4, 0.5) is 0 Å². The fraction of sp³-hybridized carbons (Fsp3) is 0.571. The summed E-state index contributed by atoms with van der Waals surface area (Å²) in [6.07, 6.45) is 1.14. The molecule has 1 rings (SSSR count). The van der Waals surface area contributed by atoms with Crippen molar-refractivity contribution >= 4 is 0 Å². The maximum atomic E-state index is 3.63. The van der Waals surface area contributed by atoms with Gasteiger partial charge in [0.15, 0.2) is 0 Å². The van der Waals surface area contributed by atoms with Crippen LogP contribution in [-0.4, -0.2) is 6.54 Å². The Morgan fingerprint density at radius 2 is 1.73 bits per heavy atom. The van der Waals surface area contributed by atoms with E-state index in [1.165, 1.54) is 5.56 Å². The topological polar surface area (TPSA) is 12.0 Å². The minimum absolute atomic E-state index is 0.349. The molecule has 0 aliphatic carbocycles. The molecule has 1 unspecified atom stereocenters. The number of benzene rings is 1. The van der Waals surface area contributed by atoms with Gasteiger partial charge in [-0.05, 0) is 17.4 Å². The van der Waals surface area contributed by atoms with Gasteiger partial charge in [-0.1, -0.05) is 58.0 Å². The average molecular weight is 205 g/mol. The molecule has 0 fully saturated rings. The summed E-state index contributed by atoms with van der Waals surface area (Å²) in [6, 6.07) is 11.2. The van der Waals surface area contributed by atoms with Crippen LogP contribution in [0.1, 0.15) is 45.7 Å². The molecule has 0 aliphatic rings. The van der Waals surface area contributed by atoms with E-state index in [0.29, 0.717) is 11.5 Å². The lowest BCUT2D eigenvalue weighted by Crippen LogP contribution is -2.30. The van der Waals surface area contributed by atoms with E-state index in [1.54, 1.807) is 0 Å². The van der Waals surface area contributed by atoms with E-state index in [9.17, 15) is 0 Å². The Balaban J connectivity index is 2.58. The molecule has 1 nitrogen and oxygen atoms in total. The summed E-state index contributed by atoms with van der Waals surface area (Å²) in [5.41, 5.74) is 1.74. The van der Waals surface area contributed by atoms with E-state index >= 15 is 0 Å². The van der Waals surface area contributed by atoms with Gasteiger partial charge in [0.25, 0.3) is 0 Å². The lowest BCUT2D eigenvalue weighted by atomic mass is 9.95. The van der Waals surface area contributed by atoms with Crippen LogP contribution in [-0.2, 0) is 0 Å². The summed E-state index contributed by atoms with van der Waals surface area (Å²) in [6.45, 7) is 10.1. The Bertz CT molecular complexity index is 271. The van der Waals surface area contributed by atoms with Gasteiger partial charge in [0.05, 0.1) is 0 Å². The molecule has 1 aromatic carbocycles. The zero-order chi connectivity index (χ0) is 11.3. The van der Waals surface area contributed by atoms with Crippen LogP contribution in [0.15, 0.2) is 30.3 Å². The van der Waals surface area contributed by atoms with Crippen LogP contribution in [0.25, 0.3) is 0 Å². The van der Waals surface area contributed by atoms with Crippen molar-refractivity contribution in [3.05, 3.63) is 35.9 Å². The SMILES string of the molecule is CCC(NCC(C)(C)C)c1ccccc1. The second-order valence-electron chi connectivity index (χ2n) is 5.31. The Morgan fingerprint density at radius 1 is 1.13 bits per heavy atom. The van der Waals surface area contributed by atoms with E-state index in [0.717, 1.165) is 13.0 Å². The number of hydrogen-bond donors (Lipinski definition) is 1. The van der Waals surface area contributed by atoms with E-state index in [-0.39, 0.29) is 0 Å². The number of nitrogens with one attached hydrogen (secondary N) is 1. The third-order valence-corrected chi connectivity index (χ3v) is 2.49. The van der Waals surface area contributed by atoms with Gasteiger partial charge in [-0.15, -0.1) is 0 Å². The van der Waals surface area contributed by atoms with Crippen molar-refractivity contribution in [3.8, 4) is 0 Å². The quantitative estimate of drug-likeness (QED) is 0.789. The molecular formula is C14H23N. The molecule has 0 amide bonds. The molecule has 1 N–H and O–H groups in total. The third-order valence-electron chi connectivity index (χ3n) is 2.49. The fourth-order valence-electron chi connectivity index (χ4n) is 1.61. The van der Waals surface area contributed by atoms with E-state index in [4.69, 9.17) is 0 Å². The summed E-state index contributed by atoms with van der Waals surface area (Å²) < 4.78 is 0. The summed E-state index contributed by atoms with van der Waals surface area (Å²) >= 11 is 0. The maximum Gasteiger partial charge on any atom is 0.0317 e. The van der Waals surface area contributed by atoms with Gasteiger partial charge in [0.2, 0.25) is 0 Å². The highest BCUT2D eigenvalue weighted by Gasteiger charge is 2.14. The van der Waals surface area contributed by atoms with Crippen LogP contribution >= 0.6 is 0 Å². The molecule has 15 heavy (non-hydrogen) atoms. The molecule has 0 heterocycles. The Morgan fingerprint density at radius 3 is 2.20 bits per heavy atom. The molecule has 0 radical (unpaired) electrons. The Hall–Kier alpha value is -0.820. The largest absolute Gasteiger partial charge is 0.309 e. The highest BCUT2D eigenvalue weighted by atomic mass is 14.9. The first-order chi connectivity index (χ1) is 7.03. The van der Waals surface area contributed by atoms with Gasteiger partial charge in [-0.3, -0.25) is 0 Å². The normalized spacial score (nSPS) is 13.9. The number of hydrogen-bond acceptors (Lipinski definition) is 1. The second kappa shape index (κ2) is 5.32. The average Bonchev–Trinajstić information content (AvgIpc) is 2.19. The molecule has 0 aromatic heterocycles. The maximum absolute atomic E-state index is 3.63. The summed E-state index contributed by atoms with van der Waals surface area (Å²) in [4.78, 5) is 0. The van der Waals surface area contributed by atoms with Crippen molar-refractivity contribution in [2.75, 3.05) is 6.54 Å². The summed E-state index contributed by atoms with van der Waals surface area (Å²) in [5, 5.41) is 3.63. The zero-order valence-corrected chi connectivity index (χ0v) is 10.4. The molecule has 0 saturated heterocycles. The predicted molar refractivity (Wildman–Crippen MR) is 66.9 cm³/mol. The molecule has 0 saturated carbocycles. The lowest BCUT2D eigenvalue weighted by Gasteiger charge is -2.24. The van der Waals surface area contributed by atoms with E-state index < -0.39 is 0 Å². The third kappa shape index (κ3) is 4.48. The first kappa shape index (κ1) is 12.3. The molecule has 1 heteroatoms. The van der Waals surface area contributed by atoms with Crippen molar-refractivity contribution in [2.24, 2.45) is 5.41 Å². The Kier molecular flexibility index (Phi) is 4.34. The minimum Gasteiger partial charge on any atom is -0.309 e. The molecule has 84 valence electrons. The molecule has 1 aromatic rings. The van der Waals surface area contributed by atoms with Gasteiger partial charge in [0.1, 0.15) is 0 Å². The minimum atomic E-state index is 0.349. The summed E-state index contributed by atoms with van der Waals surface area (Å²) in [7, 11) is 0. The van der Waals surface area contributed by atoms with Crippen LogP contribution in [0.2, 0.25) is 0 Å². The highest BCUT2D eigenvalue weighted by molar-refractivity contribution is 5.18. The molecule has 0 bridgehead atoms. The second-order valence-corrected chi connectivity index (χ2v) is 5.31. The first-order valence-corrected chi connectivity index (χ1v) is 5.81. The first-order valence-electron chi connectivity index (χ1n) is 5.81. The van der Waals surface area contributed by atoms with Crippen LogP contribution in [0, 0.1) is 5.41 Å². The van der Waals surface area contributed by atoms with Crippen LogP contribution < -0.4 is 5.32 Å². The molecule has 0 aliphatic heterocycles. The lowest BCUT2D eigenvalue weighted by molar-refractivity contribution is 0.349. The van der Waals surface area contributed by atoms with Crippen LogP contribution in [0.5, 0.6) is 0 Å².